The Balaban J connectivity index is 1.81. The van der Waals surface area contributed by atoms with E-state index in [1.807, 2.05) is 47.0 Å². The van der Waals surface area contributed by atoms with Gasteiger partial charge in [-0.2, -0.15) is 0 Å². The first kappa shape index (κ1) is 13.4. The van der Waals surface area contributed by atoms with E-state index in [9.17, 15) is 4.79 Å². The molecule has 2 aromatic carbocycles. The predicted molar refractivity (Wildman–Crippen MR) is 87.9 cm³/mol. The molecule has 0 unspecified atom stereocenters. The summed E-state index contributed by atoms with van der Waals surface area (Å²) < 4.78 is 1.82. The quantitative estimate of drug-likeness (QED) is 0.793. The van der Waals surface area contributed by atoms with Crippen molar-refractivity contribution in [2.24, 2.45) is 0 Å². The van der Waals surface area contributed by atoms with E-state index in [0.717, 1.165) is 23.1 Å². The van der Waals surface area contributed by atoms with Crippen LogP contribution in [-0.2, 0) is 6.54 Å². The van der Waals surface area contributed by atoms with Crippen LogP contribution in [0.2, 0.25) is 0 Å². The first-order valence-electron chi connectivity index (χ1n) is 7.14. The Morgan fingerprint density at radius 1 is 0.952 bits per heavy atom. The van der Waals surface area contributed by atoms with Gasteiger partial charge in [0.15, 0.2) is 0 Å². The second-order valence-corrected chi connectivity index (χ2v) is 5.12. The standard InChI is InChI=1S/C18H18N2O/c1-14-6-2-4-8-16(14)19-12-13-20-17-9-5-3-7-15(17)10-11-18(20)21/h2-11,19H,12-13H2,1H3. The van der Waals surface area contributed by atoms with Crippen LogP contribution in [0.1, 0.15) is 5.56 Å². The van der Waals surface area contributed by atoms with Gasteiger partial charge < -0.3 is 9.88 Å². The molecule has 21 heavy (non-hydrogen) atoms. The minimum atomic E-state index is 0.0419. The third-order valence-corrected chi connectivity index (χ3v) is 3.69. The fourth-order valence-electron chi connectivity index (χ4n) is 2.55. The molecule has 1 N–H and O–H groups in total. The zero-order chi connectivity index (χ0) is 14.7. The average Bonchev–Trinajstić information content (AvgIpc) is 2.51. The maximum absolute atomic E-state index is 12.1. The molecule has 1 heterocycles. The van der Waals surface area contributed by atoms with E-state index in [-0.39, 0.29) is 5.56 Å². The Labute approximate surface area is 123 Å². The number of pyridine rings is 1. The summed E-state index contributed by atoms with van der Waals surface area (Å²) >= 11 is 0. The van der Waals surface area contributed by atoms with Gasteiger partial charge in [-0.15, -0.1) is 0 Å². The van der Waals surface area contributed by atoms with Crippen molar-refractivity contribution in [2.45, 2.75) is 13.5 Å². The number of hydrogen-bond donors (Lipinski definition) is 1. The van der Waals surface area contributed by atoms with Gasteiger partial charge in [-0.1, -0.05) is 36.4 Å². The highest BCUT2D eigenvalue weighted by Crippen LogP contribution is 2.13. The highest BCUT2D eigenvalue weighted by Gasteiger charge is 2.02. The van der Waals surface area contributed by atoms with Crippen LogP contribution >= 0.6 is 0 Å². The number of fused-ring (bicyclic) bond motifs is 1. The van der Waals surface area contributed by atoms with E-state index >= 15 is 0 Å². The molecule has 3 nitrogen and oxygen atoms in total. The van der Waals surface area contributed by atoms with Gasteiger partial charge in [0.2, 0.25) is 0 Å². The summed E-state index contributed by atoms with van der Waals surface area (Å²) in [5.41, 5.74) is 3.35. The van der Waals surface area contributed by atoms with Gasteiger partial charge in [-0.3, -0.25) is 4.79 Å². The Bertz CT molecular complexity index is 821. The molecule has 0 amide bonds. The second-order valence-electron chi connectivity index (χ2n) is 5.12. The fraction of sp³-hybridized carbons (Fsp3) is 0.167. The second kappa shape index (κ2) is 5.83. The number of nitrogens with one attached hydrogen (secondary N) is 1. The summed E-state index contributed by atoms with van der Waals surface area (Å²) in [6.45, 7) is 3.44. The SMILES string of the molecule is Cc1ccccc1NCCn1c(=O)ccc2ccccc21. The van der Waals surface area contributed by atoms with Crippen molar-refractivity contribution in [2.75, 3.05) is 11.9 Å². The Hall–Kier alpha value is -2.55. The number of aryl methyl sites for hydroxylation is 1. The predicted octanol–water partition coefficient (Wildman–Crippen LogP) is 3.42. The Kier molecular flexibility index (Phi) is 3.73. The monoisotopic (exact) mass is 278 g/mol. The summed E-state index contributed by atoms with van der Waals surface area (Å²) in [4.78, 5) is 12.1. The molecule has 0 aliphatic heterocycles. The van der Waals surface area contributed by atoms with E-state index in [4.69, 9.17) is 0 Å². The maximum atomic E-state index is 12.1. The lowest BCUT2D eigenvalue weighted by molar-refractivity contribution is 0.726. The lowest BCUT2D eigenvalue weighted by Gasteiger charge is -2.12. The van der Waals surface area contributed by atoms with Gasteiger partial charge in [0.25, 0.3) is 5.56 Å². The molecule has 3 aromatic rings. The van der Waals surface area contributed by atoms with Crippen molar-refractivity contribution >= 4 is 16.6 Å². The molecule has 0 saturated heterocycles. The topological polar surface area (TPSA) is 34.0 Å². The van der Waals surface area contributed by atoms with E-state index in [0.29, 0.717) is 6.54 Å². The Morgan fingerprint density at radius 2 is 1.71 bits per heavy atom. The molecule has 1 aromatic heterocycles. The first-order valence-corrected chi connectivity index (χ1v) is 7.14. The minimum Gasteiger partial charge on any atom is -0.383 e. The summed E-state index contributed by atoms with van der Waals surface area (Å²) in [6.07, 6.45) is 0. The molecule has 106 valence electrons. The summed E-state index contributed by atoms with van der Waals surface area (Å²) in [5.74, 6) is 0. The molecule has 0 fully saturated rings. The van der Waals surface area contributed by atoms with Crippen molar-refractivity contribution in [1.82, 2.24) is 4.57 Å². The molecular weight excluding hydrogens is 260 g/mol. The van der Waals surface area contributed by atoms with E-state index in [1.54, 1.807) is 6.07 Å². The lowest BCUT2D eigenvalue weighted by Crippen LogP contribution is -2.23. The van der Waals surface area contributed by atoms with Crippen LogP contribution in [-0.4, -0.2) is 11.1 Å². The molecule has 0 bridgehead atoms. The van der Waals surface area contributed by atoms with Gasteiger partial charge in [0.1, 0.15) is 0 Å². The van der Waals surface area contributed by atoms with Crippen LogP contribution in [0.15, 0.2) is 65.5 Å². The van der Waals surface area contributed by atoms with Crippen molar-refractivity contribution in [3.63, 3.8) is 0 Å². The molecule has 3 rings (SSSR count). The number of hydrogen-bond acceptors (Lipinski definition) is 2. The summed E-state index contributed by atoms with van der Waals surface area (Å²) in [5, 5.41) is 4.48. The van der Waals surface area contributed by atoms with Crippen molar-refractivity contribution in [1.29, 1.82) is 0 Å². The van der Waals surface area contributed by atoms with Crippen LogP contribution in [0.3, 0.4) is 0 Å². The average molecular weight is 278 g/mol. The largest absolute Gasteiger partial charge is 0.383 e. The number of nitrogens with zero attached hydrogens (tertiary/aromatic N) is 1. The zero-order valence-electron chi connectivity index (χ0n) is 12.0. The van der Waals surface area contributed by atoms with Crippen LogP contribution in [0.4, 0.5) is 5.69 Å². The molecule has 0 radical (unpaired) electrons. The molecule has 0 atom stereocenters. The van der Waals surface area contributed by atoms with E-state index < -0.39 is 0 Å². The molecule has 3 heteroatoms. The zero-order valence-corrected chi connectivity index (χ0v) is 12.0. The lowest BCUT2D eigenvalue weighted by atomic mass is 10.2. The number of rotatable bonds is 4. The van der Waals surface area contributed by atoms with Gasteiger partial charge in [0.05, 0.1) is 5.52 Å². The summed E-state index contributed by atoms with van der Waals surface area (Å²) in [7, 11) is 0. The molecule has 0 aliphatic carbocycles. The molecule has 0 saturated carbocycles. The summed E-state index contributed by atoms with van der Waals surface area (Å²) in [6, 6.07) is 19.7. The molecular formula is C18H18N2O. The maximum Gasteiger partial charge on any atom is 0.251 e. The van der Waals surface area contributed by atoms with Gasteiger partial charge in [0, 0.05) is 24.8 Å². The number of para-hydroxylation sites is 2. The number of benzene rings is 2. The van der Waals surface area contributed by atoms with Gasteiger partial charge in [-0.05, 0) is 36.1 Å². The smallest absolute Gasteiger partial charge is 0.251 e. The highest BCUT2D eigenvalue weighted by molar-refractivity contribution is 5.78. The Morgan fingerprint density at radius 3 is 2.57 bits per heavy atom. The van der Waals surface area contributed by atoms with Crippen LogP contribution < -0.4 is 10.9 Å². The van der Waals surface area contributed by atoms with Crippen LogP contribution in [0.25, 0.3) is 10.9 Å². The first-order chi connectivity index (χ1) is 10.3. The van der Waals surface area contributed by atoms with Crippen molar-refractivity contribution in [3.8, 4) is 0 Å². The van der Waals surface area contributed by atoms with Gasteiger partial charge >= 0.3 is 0 Å². The van der Waals surface area contributed by atoms with Crippen LogP contribution in [0.5, 0.6) is 0 Å². The van der Waals surface area contributed by atoms with E-state index in [1.165, 1.54) is 5.56 Å². The van der Waals surface area contributed by atoms with E-state index in [2.05, 4.69) is 24.4 Å². The number of aromatic nitrogens is 1. The van der Waals surface area contributed by atoms with Gasteiger partial charge in [-0.25, -0.2) is 0 Å². The minimum absolute atomic E-state index is 0.0419. The normalized spacial score (nSPS) is 10.7. The fourth-order valence-corrected chi connectivity index (χ4v) is 2.55. The molecule has 0 spiro atoms. The third-order valence-electron chi connectivity index (χ3n) is 3.69. The number of anilines is 1. The van der Waals surface area contributed by atoms with Crippen LogP contribution in [0, 0.1) is 6.92 Å². The van der Waals surface area contributed by atoms with Crippen molar-refractivity contribution < 1.29 is 0 Å². The van der Waals surface area contributed by atoms with Crippen molar-refractivity contribution in [3.05, 3.63) is 76.6 Å². The third kappa shape index (κ3) is 2.82. The highest BCUT2D eigenvalue weighted by atomic mass is 16.1. The molecule has 0 aliphatic rings.